The number of alkyl halides is 3. The Balaban J connectivity index is 1.39. The molecule has 1 fully saturated rings. The van der Waals surface area contributed by atoms with Gasteiger partial charge in [0.2, 0.25) is 0 Å². The van der Waals surface area contributed by atoms with E-state index in [2.05, 4.69) is 20.7 Å². The van der Waals surface area contributed by atoms with Crippen molar-refractivity contribution < 1.29 is 18.0 Å². The molecule has 1 saturated heterocycles. The number of aromatic nitrogens is 5. The summed E-state index contributed by atoms with van der Waals surface area (Å²) >= 11 is 0. The number of hydrogen-bond donors (Lipinski definition) is 1. The van der Waals surface area contributed by atoms with E-state index >= 15 is 0 Å². The molecule has 0 aliphatic carbocycles. The van der Waals surface area contributed by atoms with E-state index in [1.807, 2.05) is 25.8 Å². The predicted molar refractivity (Wildman–Crippen MR) is 132 cm³/mol. The van der Waals surface area contributed by atoms with Gasteiger partial charge in [-0.05, 0) is 68.8 Å². The lowest BCUT2D eigenvalue weighted by atomic mass is 10.0. The monoisotopic (exact) mass is 509 g/mol. The van der Waals surface area contributed by atoms with E-state index in [4.69, 9.17) is 0 Å². The van der Waals surface area contributed by atoms with Crippen molar-refractivity contribution in [3.63, 3.8) is 0 Å². The molecule has 1 aliphatic rings. The smallest absolute Gasteiger partial charge is 0.322 e. The highest BCUT2D eigenvalue weighted by molar-refractivity contribution is 6.04. The Bertz CT molecular complexity index is 1470. The van der Waals surface area contributed by atoms with Gasteiger partial charge in [0.05, 0.1) is 23.6 Å². The molecule has 192 valence electrons. The summed E-state index contributed by atoms with van der Waals surface area (Å²) in [5, 5.41) is 15.3. The first kappa shape index (κ1) is 24.7. The van der Waals surface area contributed by atoms with Crippen LogP contribution in [0, 0.1) is 13.8 Å². The van der Waals surface area contributed by atoms with Crippen LogP contribution in [0.5, 0.6) is 0 Å². The molecule has 1 aliphatic heterocycles. The molecule has 2 aromatic heterocycles. The summed E-state index contributed by atoms with van der Waals surface area (Å²) in [5.74, 6) is -0.520. The van der Waals surface area contributed by atoms with E-state index in [0.717, 1.165) is 42.4 Å². The summed E-state index contributed by atoms with van der Waals surface area (Å²) < 4.78 is 44.5. The normalized spacial score (nSPS) is 14.0. The highest BCUT2D eigenvalue weighted by Gasteiger charge is 2.34. The molecule has 4 aromatic rings. The highest BCUT2D eigenvalue weighted by Crippen LogP contribution is 2.35. The van der Waals surface area contributed by atoms with Crippen molar-refractivity contribution in [1.82, 2.24) is 29.7 Å². The lowest BCUT2D eigenvalue weighted by Crippen LogP contribution is -2.36. The topological polar surface area (TPSA) is 80.9 Å². The fourth-order valence-corrected chi connectivity index (χ4v) is 4.29. The van der Waals surface area contributed by atoms with Crippen LogP contribution in [0.15, 0.2) is 48.8 Å². The summed E-state index contributed by atoms with van der Waals surface area (Å²) in [7, 11) is 1.84. The average molecular weight is 510 g/mol. The van der Waals surface area contributed by atoms with Crippen molar-refractivity contribution in [1.29, 1.82) is 0 Å². The van der Waals surface area contributed by atoms with E-state index in [9.17, 15) is 18.0 Å². The molecule has 0 bridgehead atoms. The Morgan fingerprint density at radius 2 is 1.89 bits per heavy atom. The van der Waals surface area contributed by atoms with Gasteiger partial charge in [0.1, 0.15) is 5.69 Å². The third-order valence-electron chi connectivity index (χ3n) is 6.74. The maximum Gasteiger partial charge on any atom is 0.416 e. The largest absolute Gasteiger partial charge is 0.416 e. The van der Waals surface area contributed by atoms with Crippen molar-refractivity contribution in [2.24, 2.45) is 7.05 Å². The van der Waals surface area contributed by atoms with Crippen molar-refractivity contribution in [2.45, 2.75) is 33.0 Å². The number of benzene rings is 2. The third kappa shape index (κ3) is 4.99. The molecule has 0 unspecified atom stereocenters. The second-order valence-electron chi connectivity index (χ2n) is 9.27. The molecule has 1 N–H and O–H groups in total. The lowest BCUT2D eigenvalue weighted by Gasteiger charge is -2.31. The number of likely N-dealkylation sites (tertiary alicyclic amines) is 1. The van der Waals surface area contributed by atoms with Crippen LogP contribution in [0.1, 0.15) is 39.2 Å². The molecule has 0 atom stereocenters. The van der Waals surface area contributed by atoms with Crippen LogP contribution in [0.4, 0.5) is 18.9 Å². The van der Waals surface area contributed by atoms with Gasteiger partial charge in [0.15, 0.2) is 0 Å². The molecule has 37 heavy (non-hydrogen) atoms. The SMILES string of the molecule is Cc1ccc(C(=O)Nc2ccc(CN3CCC3)c(C(F)(F)F)c2)cc1-n1cc(-c2cnn(C)c2C)nn1. The Kier molecular flexibility index (Phi) is 6.32. The molecule has 2 aromatic carbocycles. The Labute approximate surface area is 211 Å². The Hall–Kier alpha value is -3.99. The van der Waals surface area contributed by atoms with E-state index in [0.29, 0.717) is 11.4 Å². The number of hydrogen-bond acceptors (Lipinski definition) is 5. The van der Waals surface area contributed by atoms with Crippen LogP contribution in [-0.2, 0) is 19.8 Å². The number of rotatable bonds is 6. The molecule has 1 amide bonds. The number of nitrogens with one attached hydrogen (secondary N) is 1. The van der Waals surface area contributed by atoms with E-state index < -0.39 is 17.6 Å². The second kappa shape index (κ2) is 9.47. The van der Waals surface area contributed by atoms with E-state index in [1.165, 1.54) is 12.1 Å². The first-order valence-corrected chi connectivity index (χ1v) is 11.9. The zero-order valence-corrected chi connectivity index (χ0v) is 20.7. The van der Waals surface area contributed by atoms with Crippen LogP contribution in [-0.4, -0.2) is 48.7 Å². The average Bonchev–Trinajstić information content (AvgIpc) is 3.43. The van der Waals surface area contributed by atoms with Gasteiger partial charge in [-0.25, -0.2) is 4.68 Å². The summed E-state index contributed by atoms with van der Waals surface area (Å²) in [5.41, 5.74) is 3.74. The number of halogens is 3. The lowest BCUT2D eigenvalue weighted by molar-refractivity contribution is -0.138. The van der Waals surface area contributed by atoms with Gasteiger partial charge in [0, 0.05) is 36.1 Å². The molecule has 5 rings (SSSR count). The molecule has 8 nitrogen and oxygen atoms in total. The van der Waals surface area contributed by atoms with Crippen LogP contribution >= 0.6 is 0 Å². The Morgan fingerprint density at radius 3 is 2.54 bits per heavy atom. The minimum absolute atomic E-state index is 0.0851. The molecule has 0 radical (unpaired) electrons. The maximum absolute atomic E-state index is 13.7. The summed E-state index contributed by atoms with van der Waals surface area (Å²) in [4.78, 5) is 15.0. The van der Waals surface area contributed by atoms with Crippen LogP contribution < -0.4 is 5.32 Å². The first-order chi connectivity index (χ1) is 17.6. The van der Waals surface area contributed by atoms with Crippen molar-refractivity contribution in [2.75, 3.05) is 18.4 Å². The summed E-state index contributed by atoms with van der Waals surface area (Å²) in [6, 6.07) is 8.98. The van der Waals surface area contributed by atoms with Crippen LogP contribution in [0.25, 0.3) is 16.9 Å². The third-order valence-corrected chi connectivity index (χ3v) is 6.74. The van der Waals surface area contributed by atoms with Gasteiger partial charge in [-0.1, -0.05) is 17.3 Å². The molecular formula is C26H26F3N7O. The minimum Gasteiger partial charge on any atom is -0.322 e. The maximum atomic E-state index is 13.7. The zero-order valence-electron chi connectivity index (χ0n) is 20.7. The number of anilines is 1. The van der Waals surface area contributed by atoms with Gasteiger partial charge in [-0.3, -0.25) is 14.4 Å². The van der Waals surface area contributed by atoms with E-state index in [1.54, 1.807) is 40.0 Å². The predicted octanol–water partition coefficient (Wildman–Crippen LogP) is 4.76. The van der Waals surface area contributed by atoms with Gasteiger partial charge in [-0.2, -0.15) is 18.3 Å². The number of carbonyl (C=O) groups is 1. The van der Waals surface area contributed by atoms with E-state index in [-0.39, 0.29) is 23.4 Å². The van der Waals surface area contributed by atoms with Crippen molar-refractivity contribution >= 4 is 11.6 Å². The number of amides is 1. The number of nitrogens with zero attached hydrogens (tertiary/aromatic N) is 6. The standard InChI is InChI=1S/C26H26F3N7O/c1-16-5-6-18(11-24(16)36-15-23(32-33-36)21-13-30-34(3)17(21)2)25(37)31-20-8-7-19(14-35-9-4-10-35)22(12-20)26(27,28)29/h5-8,11-13,15H,4,9-10,14H2,1-3H3,(H,31,37). The number of carbonyl (C=O) groups excluding carboxylic acids is 1. The minimum atomic E-state index is -4.52. The second-order valence-corrected chi connectivity index (χ2v) is 9.27. The van der Waals surface area contributed by atoms with Gasteiger partial charge in [-0.15, -0.1) is 5.10 Å². The van der Waals surface area contributed by atoms with Crippen molar-refractivity contribution in [3.05, 3.63) is 76.7 Å². The summed E-state index contributed by atoms with van der Waals surface area (Å²) in [6.07, 6.45) is -0.0621. The zero-order chi connectivity index (χ0) is 26.3. The van der Waals surface area contributed by atoms with Crippen LogP contribution in [0.3, 0.4) is 0 Å². The van der Waals surface area contributed by atoms with Gasteiger partial charge >= 0.3 is 6.18 Å². The molecular weight excluding hydrogens is 483 g/mol. The highest BCUT2D eigenvalue weighted by atomic mass is 19.4. The fraction of sp³-hybridized carbons (Fsp3) is 0.308. The fourth-order valence-electron chi connectivity index (χ4n) is 4.29. The Morgan fingerprint density at radius 1 is 1.11 bits per heavy atom. The van der Waals surface area contributed by atoms with Crippen molar-refractivity contribution in [3.8, 4) is 16.9 Å². The molecule has 11 heteroatoms. The van der Waals surface area contributed by atoms with Crippen LogP contribution in [0.2, 0.25) is 0 Å². The quantitative estimate of drug-likeness (QED) is 0.405. The number of aryl methyl sites for hydroxylation is 2. The first-order valence-electron chi connectivity index (χ1n) is 11.9. The van der Waals surface area contributed by atoms with Gasteiger partial charge < -0.3 is 5.32 Å². The van der Waals surface area contributed by atoms with Gasteiger partial charge in [0.25, 0.3) is 5.91 Å². The molecule has 0 spiro atoms. The molecule has 0 saturated carbocycles. The summed E-state index contributed by atoms with van der Waals surface area (Å²) in [6.45, 7) is 5.63. The molecule has 3 heterocycles.